The molecule has 1 aliphatic carbocycles. The fourth-order valence-electron chi connectivity index (χ4n) is 0.350. The summed E-state index contributed by atoms with van der Waals surface area (Å²) in [4.78, 5) is 0. The van der Waals surface area contributed by atoms with Gasteiger partial charge in [-0.2, -0.15) is 0 Å². The van der Waals surface area contributed by atoms with Crippen LogP contribution in [0.2, 0.25) is 0 Å². The van der Waals surface area contributed by atoms with Gasteiger partial charge in [-0.1, -0.05) is 17.9 Å². The van der Waals surface area contributed by atoms with Crippen LogP contribution >= 0.6 is 0 Å². The molecular formula is C7H4. The number of hydrogen-bond donors (Lipinski definition) is 0. The molecule has 0 aromatic rings. The predicted octanol–water partition coefficient (Wildman–Crippen LogP) is 0.953. The molecule has 0 atom stereocenters. The Morgan fingerprint density at radius 2 is 2.29 bits per heavy atom. The Morgan fingerprint density at radius 1 is 1.29 bits per heavy atom. The minimum absolute atomic E-state index is 0.833. The Hall–Kier alpha value is -1.14. The molecule has 7 heavy (non-hydrogen) atoms. The molecule has 0 bridgehead atoms. The van der Waals surface area contributed by atoms with Crippen LogP contribution in [0.4, 0.5) is 0 Å². The second-order valence-electron chi connectivity index (χ2n) is 1.18. The van der Waals surface area contributed by atoms with Gasteiger partial charge in [0.1, 0.15) is 0 Å². The van der Waals surface area contributed by atoms with E-state index in [1.807, 2.05) is 12.2 Å². The summed E-state index contributed by atoms with van der Waals surface area (Å²) in [5, 5.41) is 0. The molecule has 1 aliphatic rings. The standard InChI is InChI=1S/C7H4/c1-2-4-6-7-5-3-1/h1-2H,3H2. The Labute approximate surface area is 43.2 Å². The van der Waals surface area contributed by atoms with Crippen molar-refractivity contribution in [3.8, 4) is 23.7 Å². The fourth-order valence-corrected chi connectivity index (χ4v) is 0.350. The molecule has 0 fully saturated rings. The van der Waals surface area contributed by atoms with E-state index in [1.165, 1.54) is 0 Å². The molecule has 1 rings (SSSR count). The van der Waals surface area contributed by atoms with Gasteiger partial charge in [-0.25, -0.2) is 0 Å². The molecule has 0 radical (unpaired) electrons. The molecule has 0 amide bonds. The number of hydrogen-bond acceptors (Lipinski definition) is 0. The molecule has 32 valence electrons. The van der Waals surface area contributed by atoms with Crippen LogP contribution in [0.25, 0.3) is 0 Å². The minimum Gasteiger partial charge on any atom is -0.0849 e. The lowest BCUT2D eigenvalue weighted by Gasteiger charge is -1.64. The highest BCUT2D eigenvalue weighted by atomic mass is 13.7. The SMILES string of the molecule is C1#CC=CCC#C1. The lowest BCUT2D eigenvalue weighted by atomic mass is 10.4. The van der Waals surface area contributed by atoms with Crippen molar-refractivity contribution in [3.63, 3.8) is 0 Å². The number of allylic oxidation sites excluding steroid dienone is 2. The lowest BCUT2D eigenvalue weighted by Crippen LogP contribution is -1.51. The van der Waals surface area contributed by atoms with Gasteiger partial charge in [0.2, 0.25) is 0 Å². The summed E-state index contributed by atoms with van der Waals surface area (Å²) in [7, 11) is 0. The fraction of sp³-hybridized carbons (Fsp3) is 0.143. The molecule has 0 aromatic carbocycles. The van der Waals surface area contributed by atoms with Gasteiger partial charge in [0.25, 0.3) is 0 Å². The molecule has 0 nitrogen and oxygen atoms in total. The van der Waals surface area contributed by atoms with Gasteiger partial charge in [-0.3, -0.25) is 0 Å². The first-order valence-electron chi connectivity index (χ1n) is 2.13. The molecule has 0 aromatic heterocycles. The van der Waals surface area contributed by atoms with Crippen molar-refractivity contribution in [2.75, 3.05) is 0 Å². The van der Waals surface area contributed by atoms with Gasteiger partial charge in [-0.15, -0.1) is 0 Å². The topological polar surface area (TPSA) is 0 Å². The third-order valence-corrected chi connectivity index (χ3v) is 0.644. The van der Waals surface area contributed by atoms with E-state index in [1.54, 1.807) is 0 Å². The van der Waals surface area contributed by atoms with Crippen molar-refractivity contribution in [1.29, 1.82) is 0 Å². The first-order valence-corrected chi connectivity index (χ1v) is 2.13. The molecule has 0 saturated heterocycles. The Kier molecular flexibility index (Phi) is 1.21. The van der Waals surface area contributed by atoms with Crippen LogP contribution in [0, 0.1) is 23.7 Å². The molecule has 0 heterocycles. The third-order valence-electron chi connectivity index (χ3n) is 0.644. The first-order chi connectivity index (χ1) is 3.50. The van der Waals surface area contributed by atoms with Gasteiger partial charge in [-0.05, 0) is 17.9 Å². The summed E-state index contributed by atoms with van der Waals surface area (Å²) in [6.07, 6.45) is 4.60. The number of rotatable bonds is 0. The molecule has 0 saturated carbocycles. The van der Waals surface area contributed by atoms with Crippen molar-refractivity contribution in [2.24, 2.45) is 0 Å². The summed E-state index contributed by atoms with van der Waals surface area (Å²) in [6.45, 7) is 0. The maximum atomic E-state index is 2.84. The summed E-state index contributed by atoms with van der Waals surface area (Å²) in [6, 6.07) is 0. The third kappa shape index (κ3) is 1.16. The molecule has 0 aliphatic heterocycles. The largest absolute Gasteiger partial charge is 0.0849 e. The quantitative estimate of drug-likeness (QED) is 0.387. The second kappa shape index (κ2) is 2.11. The molecule has 0 heteroatoms. The molecule has 0 N–H and O–H groups in total. The second-order valence-corrected chi connectivity index (χ2v) is 1.18. The molecular weight excluding hydrogens is 84.1 g/mol. The van der Waals surface area contributed by atoms with Gasteiger partial charge in [0.15, 0.2) is 0 Å². The van der Waals surface area contributed by atoms with Gasteiger partial charge >= 0.3 is 0 Å². The zero-order valence-electron chi connectivity index (χ0n) is 3.86. The van der Waals surface area contributed by atoms with Crippen molar-refractivity contribution < 1.29 is 0 Å². The van der Waals surface area contributed by atoms with E-state index in [2.05, 4.69) is 23.7 Å². The highest BCUT2D eigenvalue weighted by Crippen LogP contribution is 1.80. The van der Waals surface area contributed by atoms with E-state index in [-0.39, 0.29) is 0 Å². The minimum atomic E-state index is 0.833. The summed E-state index contributed by atoms with van der Waals surface area (Å²) < 4.78 is 0. The molecule has 0 spiro atoms. The Morgan fingerprint density at radius 3 is 3.29 bits per heavy atom. The van der Waals surface area contributed by atoms with Crippen LogP contribution < -0.4 is 0 Å². The van der Waals surface area contributed by atoms with Crippen LogP contribution in [0.5, 0.6) is 0 Å². The van der Waals surface area contributed by atoms with E-state index < -0.39 is 0 Å². The van der Waals surface area contributed by atoms with Crippen LogP contribution in [0.15, 0.2) is 12.2 Å². The highest BCUT2D eigenvalue weighted by Gasteiger charge is 1.67. The predicted molar refractivity (Wildman–Crippen MR) is 29.3 cm³/mol. The van der Waals surface area contributed by atoms with Crippen LogP contribution in [0.1, 0.15) is 6.42 Å². The van der Waals surface area contributed by atoms with Crippen molar-refractivity contribution >= 4 is 0 Å². The van der Waals surface area contributed by atoms with E-state index in [0.717, 1.165) is 6.42 Å². The average Bonchev–Trinajstić information content (AvgIpc) is 1.90. The van der Waals surface area contributed by atoms with Gasteiger partial charge < -0.3 is 0 Å². The maximum Gasteiger partial charge on any atom is 0.0289 e. The van der Waals surface area contributed by atoms with Crippen LogP contribution in [0.3, 0.4) is 0 Å². The summed E-state index contributed by atoms with van der Waals surface area (Å²) in [5.74, 6) is 10.9. The zero-order chi connectivity index (χ0) is 4.95. The Balaban J connectivity index is 2.77. The molecule has 0 unspecified atom stereocenters. The van der Waals surface area contributed by atoms with E-state index in [9.17, 15) is 0 Å². The van der Waals surface area contributed by atoms with Crippen LogP contribution in [-0.2, 0) is 0 Å². The van der Waals surface area contributed by atoms with Crippen molar-refractivity contribution in [2.45, 2.75) is 6.42 Å². The Bertz CT molecular complexity index is 188. The summed E-state index contributed by atoms with van der Waals surface area (Å²) >= 11 is 0. The van der Waals surface area contributed by atoms with Crippen molar-refractivity contribution in [1.82, 2.24) is 0 Å². The average molecular weight is 88.1 g/mol. The zero-order valence-corrected chi connectivity index (χ0v) is 3.86. The lowest BCUT2D eigenvalue weighted by molar-refractivity contribution is 1.48. The monoisotopic (exact) mass is 88.0 g/mol. The maximum absolute atomic E-state index is 2.84. The summed E-state index contributed by atoms with van der Waals surface area (Å²) in [5.41, 5.74) is 0. The smallest absolute Gasteiger partial charge is 0.0289 e. The van der Waals surface area contributed by atoms with E-state index >= 15 is 0 Å². The normalized spacial score (nSPS) is 12.6. The van der Waals surface area contributed by atoms with Crippen LogP contribution in [-0.4, -0.2) is 0 Å². The first kappa shape index (κ1) is 4.03. The van der Waals surface area contributed by atoms with E-state index in [4.69, 9.17) is 0 Å². The highest BCUT2D eigenvalue weighted by molar-refractivity contribution is 5.34. The van der Waals surface area contributed by atoms with Gasteiger partial charge in [0.05, 0.1) is 0 Å². The van der Waals surface area contributed by atoms with E-state index in [0.29, 0.717) is 0 Å². The van der Waals surface area contributed by atoms with Crippen molar-refractivity contribution in [3.05, 3.63) is 12.2 Å². The van der Waals surface area contributed by atoms with Gasteiger partial charge in [0, 0.05) is 6.42 Å².